The molecule has 9 nitrogen and oxygen atoms in total. The fraction of sp³-hybridized carbons (Fsp3) is 0.0952. The third-order valence-electron chi connectivity index (χ3n) is 4.34. The van der Waals surface area contributed by atoms with Crippen molar-refractivity contribution in [1.82, 2.24) is 15.0 Å². The molecule has 2 heterocycles. The quantitative estimate of drug-likeness (QED) is 0.504. The maximum atomic E-state index is 12.6. The summed E-state index contributed by atoms with van der Waals surface area (Å²) in [6.45, 7) is 0. The van der Waals surface area contributed by atoms with Crippen LogP contribution in [-0.2, 0) is 4.74 Å². The second-order valence-corrected chi connectivity index (χ2v) is 6.09. The Labute approximate surface area is 170 Å². The van der Waals surface area contributed by atoms with Gasteiger partial charge in [0.2, 0.25) is 5.89 Å². The van der Waals surface area contributed by atoms with Gasteiger partial charge in [-0.05, 0) is 24.3 Å². The van der Waals surface area contributed by atoms with Crippen LogP contribution in [0, 0.1) is 0 Å². The van der Waals surface area contributed by atoms with Crippen LogP contribution in [0.15, 0.2) is 59.4 Å². The summed E-state index contributed by atoms with van der Waals surface area (Å²) in [4.78, 5) is 37.1. The number of methoxy groups -OCH3 is 2. The minimum atomic E-state index is -0.526. The van der Waals surface area contributed by atoms with Crippen molar-refractivity contribution in [3.8, 4) is 17.2 Å². The van der Waals surface area contributed by atoms with Gasteiger partial charge >= 0.3 is 5.97 Å². The average Bonchev–Trinajstić information content (AvgIpc) is 3.23. The van der Waals surface area contributed by atoms with E-state index in [1.807, 2.05) is 0 Å². The SMILES string of the molecule is COC(=O)c1cccc2oc(-c3cccc(OC)c3NC(=O)c3cnccn3)nc12. The Bertz CT molecular complexity index is 1240. The molecule has 1 amide bonds. The molecule has 1 N–H and O–H groups in total. The highest BCUT2D eigenvalue weighted by molar-refractivity contribution is 6.06. The van der Waals surface area contributed by atoms with Crippen molar-refractivity contribution in [2.24, 2.45) is 0 Å². The molecule has 0 radical (unpaired) electrons. The number of anilines is 1. The largest absolute Gasteiger partial charge is 0.495 e. The standard InChI is InChI=1S/C21H16N4O5/c1-28-15-7-3-5-12(17(15)24-19(26)14-11-22-9-10-23-14)20-25-18-13(21(27)29-2)6-4-8-16(18)30-20/h3-11H,1-2H3,(H,24,26). The van der Waals surface area contributed by atoms with E-state index in [1.54, 1.807) is 36.4 Å². The fourth-order valence-electron chi connectivity index (χ4n) is 2.94. The molecular formula is C21H16N4O5. The van der Waals surface area contributed by atoms with E-state index in [2.05, 4.69) is 20.3 Å². The molecule has 9 heteroatoms. The summed E-state index contributed by atoms with van der Waals surface area (Å²) in [5, 5.41) is 2.78. The highest BCUT2D eigenvalue weighted by atomic mass is 16.5. The molecule has 30 heavy (non-hydrogen) atoms. The Balaban J connectivity index is 1.82. The van der Waals surface area contributed by atoms with Gasteiger partial charge in [-0.2, -0.15) is 0 Å². The molecule has 4 rings (SSSR count). The van der Waals surface area contributed by atoms with Crippen LogP contribution in [0.2, 0.25) is 0 Å². The second-order valence-electron chi connectivity index (χ2n) is 6.09. The molecule has 0 aliphatic carbocycles. The first-order chi connectivity index (χ1) is 14.6. The van der Waals surface area contributed by atoms with Crippen LogP contribution in [0.4, 0.5) is 5.69 Å². The normalized spacial score (nSPS) is 10.6. The van der Waals surface area contributed by atoms with Crippen molar-refractivity contribution in [3.05, 3.63) is 66.2 Å². The van der Waals surface area contributed by atoms with Gasteiger partial charge in [0.1, 0.15) is 17.0 Å². The van der Waals surface area contributed by atoms with Gasteiger partial charge in [0.05, 0.1) is 37.2 Å². The van der Waals surface area contributed by atoms with E-state index in [-0.39, 0.29) is 17.1 Å². The van der Waals surface area contributed by atoms with E-state index in [4.69, 9.17) is 13.9 Å². The maximum Gasteiger partial charge on any atom is 0.340 e. The molecule has 0 saturated carbocycles. The molecule has 4 aromatic rings. The van der Waals surface area contributed by atoms with Gasteiger partial charge in [0, 0.05) is 12.4 Å². The summed E-state index contributed by atoms with van der Waals surface area (Å²) in [5.74, 6) is -0.391. The predicted octanol–water partition coefficient (Wildman–Crippen LogP) is 3.33. The summed E-state index contributed by atoms with van der Waals surface area (Å²) in [6, 6.07) is 10.1. The minimum Gasteiger partial charge on any atom is -0.495 e. The number of oxazole rings is 1. The Morgan fingerprint density at radius 2 is 1.90 bits per heavy atom. The van der Waals surface area contributed by atoms with Gasteiger partial charge in [-0.25, -0.2) is 14.8 Å². The molecule has 0 unspecified atom stereocenters. The van der Waals surface area contributed by atoms with Gasteiger partial charge in [0.15, 0.2) is 5.58 Å². The number of para-hydroxylation sites is 2. The van der Waals surface area contributed by atoms with E-state index < -0.39 is 11.9 Å². The summed E-state index contributed by atoms with van der Waals surface area (Å²) < 4.78 is 16.1. The molecule has 0 atom stereocenters. The highest BCUT2D eigenvalue weighted by Crippen LogP contribution is 2.37. The summed E-state index contributed by atoms with van der Waals surface area (Å²) in [7, 11) is 2.78. The number of esters is 1. The number of fused-ring (bicyclic) bond motifs is 1. The Kier molecular flexibility index (Phi) is 5.08. The first-order valence-corrected chi connectivity index (χ1v) is 8.85. The lowest BCUT2D eigenvalue weighted by Gasteiger charge is -2.13. The lowest BCUT2D eigenvalue weighted by atomic mass is 10.1. The molecule has 0 aliphatic heterocycles. The maximum absolute atomic E-state index is 12.6. The van der Waals surface area contributed by atoms with Crippen LogP contribution in [0.25, 0.3) is 22.6 Å². The first-order valence-electron chi connectivity index (χ1n) is 8.85. The lowest BCUT2D eigenvalue weighted by Crippen LogP contribution is -2.15. The van der Waals surface area contributed by atoms with E-state index in [9.17, 15) is 9.59 Å². The molecule has 0 bridgehead atoms. The number of carbonyl (C=O) groups excluding carboxylic acids is 2. The molecule has 0 saturated heterocycles. The molecular weight excluding hydrogens is 388 g/mol. The molecule has 2 aromatic carbocycles. The predicted molar refractivity (Wildman–Crippen MR) is 107 cm³/mol. The number of nitrogens with zero attached hydrogens (tertiary/aromatic N) is 3. The van der Waals surface area contributed by atoms with Crippen molar-refractivity contribution in [3.63, 3.8) is 0 Å². The summed E-state index contributed by atoms with van der Waals surface area (Å²) >= 11 is 0. The van der Waals surface area contributed by atoms with Crippen LogP contribution in [0.3, 0.4) is 0 Å². The number of carbonyl (C=O) groups is 2. The smallest absolute Gasteiger partial charge is 0.340 e. The highest BCUT2D eigenvalue weighted by Gasteiger charge is 2.21. The summed E-state index contributed by atoms with van der Waals surface area (Å²) in [6.07, 6.45) is 4.25. The van der Waals surface area contributed by atoms with Crippen LogP contribution in [0.1, 0.15) is 20.8 Å². The Morgan fingerprint density at radius 3 is 2.63 bits per heavy atom. The van der Waals surface area contributed by atoms with Crippen LogP contribution in [0.5, 0.6) is 5.75 Å². The van der Waals surface area contributed by atoms with Gasteiger partial charge in [-0.1, -0.05) is 12.1 Å². The Morgan fingerprint density at radius 1 is 1.07 bits per heavy atom. The molecule has 0 spiro atoms. The number of amides is 1. The number of ether oxygens (including phenoxy) is 2. The molecule has 2 aromatic heterocycles. The van der Waals surface area contributed by atoms with Crippen molar-refractivity contribution < 1.29 is 23.5 Å². The van der Waals surface area contributed by atoms with E-state index >= 15 is 0 Å². The zero-order valence-corrected chi connectivity index (χ0v) is 16.1. The number of nitrogens with one attached hydrogen (secondary N) is 1. The number of aromatic nitrogens is 3. The van der Waals surface area contributed by atoms with Crippen molar-refractivity contribution in [2.45, 2.75) is 0 Å². The van der Waals surface area contributed by atoms with E-state index in [1.165, 1.54) is 32.8 Å². The van der Waals surface area contributed by atoms with Gasteiger partial charge in [0.25, 0.3) is 5.91 Å². The van der Waals surface area contributed by atoms with Crippen LogP contribution >= 0.6 is 0 Å². The van der Waals surface area contributed by atoms with E-state index in [0.29, 0.717) is 28.1 Å². The third-order valence-corrected chi connectivity index (χ3v) is 4.34. The average molecular weight is 404 g/mol. The fourth-order valence-corrected chi connectivity index (χ4v) is 2.94. The summed E-state index contributed by atoms with van der Waals surface area (Å²) in [5.41, 5.74) is 1.99. The van der Waals surface area contributed by atoms with Crippen LogP contribution < -0.4 is 10.1 Å². The topological polar surface area (TPSA) is 116 Å². The number of benzene rings is 2. The third kappa shape index (κ3) is 3.44. The van der Waals surface area contributed by atoms with Crippen LogP contribution in [-0.4, -0.2) is 41.0 Å². The van der Waals surface area contributed by atoms with Gasteiger partial charge in [-0.15, -0.1) is 0 Å². The zero-order valence-electron chi connectivity index (χ0n) is 16.1. The monoisotopic (exact) mass is 404 g/mol. The van der Waals surface area contributed by atoms with E-state index in [0.717, 1.165) is 0 Å². The zero-order chi connectivity index (χ0) is 21.1. The lowest BCUT2D eigenvalue weighted by molar-refractivity contribution is 0.0602. The Hall–Kier alpha value is -4.27. The molecule has 0 aliphatic rings. The van der Waals surface area contributed by atoms with Gasteiger partial charge in [-0.3, -0.25) is 9.78 Å². The minimum absolute atomic E-state index is 0.139. The number of rotatable bonds is 5. The molecule has 0 fully saturated rings. The first kappa shape index (κ1) is 19.1. The number of hydrogen-bond acceptors (Lipinski definition) is 8. The number of hydrogen-bond donors (Lipinski definition) is 1. The van der Waals surface area contributed by atoms with Gasteiger partial charge < -0.3 is 19.2 Å². The van der Waals surface area contributed by atoms with Crippen molar-refractivity contribution >= 4 is 28.7 Å². The van der Waals surface area contributed by atoms with Crippen molar-refractivity contribution in [1.29, 1.82) is 0 Å². The molecule has 150 valence electrons. The van der Waals surface area contributed by atoms with Crippen molar-refractivity contribution in [2.75, 3.05) is 19.5 Å². The second kappa shape index (κ2) is 8.00.